The molecule has 2 aromatic heterocycles. The van der Waals surface area contributed by atoms with Crippen molar-refractivity contribution in [3.8, 4) is 28.4 Å². The average molecular weight is 510 g/mol. The summed E-state index contributed by atoms with van der Waals surface area (Å²) in [6.45, 7) is 0. The van der Waals surface area contributed by atoms with Gasteiger partial charge in [-0.3, -0.25) is 4.40 Å². The van der Waals surface area contributed by atoms with Gasteiger partial charge in [0, 0.05) is 32.2 Å². The van der Waals surface area contributed by atoms with Gasteiger partial charge in [0.1, 0.15) is 28.4 Å². The number of aromatic nitrogens is 2. The first-order valence-electron chi connectivity index (χ1n) is 9.44. The summed E-state index contributed by atoms with van der Waals surface area (Å²) in [4.78, 5) is 4.94. The van der Waals surface area contributed by atoms with E-state index >= 15 is 0 Å². The first-order chi connectivity index (χ1) is 14.7. The predicted molar refractivity (Wildman–Crippen MR) is 128 cm³/mol. The fraction of sp³-hybridized carbons (Fsp3) is 0.125. The van der Waals surface area contributed by atoms with Crippen molar-refractivity contribution in [3.63, 3.8) is 0 Å². The lowest BCUT2D eigenvalue weighted by atomic mass is 9.95. The zero-order chi connectivity index (χ0) is 20.8. The monoisotopic (exact) mass is 510 g/mol. The van der Waals surface area contributed by atoms with E-state index in [9.17, 15) is 0 Å². The highest BCUT2D eigenvalue weighted by Crippen LogP contribution is 2.45. The third-order valence-corrected chi connectivity index (χ3v) is 6.42. The Morgan fingerprint density at radius 1 is 0.867 bits per heavy atom. The first-order valence-corrected chi connectivity index (χ1v) is 10.5. The lowest BCUT2D eigenvalue weighted by molar-refractivity contribution is 0.398. The van der Waals surface area contributed by atoms with Gasteiger partial charge < -0.3 is 14.2 Å². The normalized spacial score (nSPS) is 11.3. The van der Waals surface area contributed by atoms with Crippen molar-refractivity contribution in [3.05, 3.63) is 64.4 Å². The maximum absolute atomic E-state index is 5.83. The Bertz CT molecular complexity index is 1410. The van der Waals surface area contributed by atoms with E-state index in [1.807, 2.05) is 42.6 Å². The topological polar surface area (TPSA) is 45.0 Å². The van der Waals surface area contributed by atoms with Crippen LogP contribution in [-0.4, -0.2) is 30.7 Å². The van der Waals surface area contributed by atoms with Crippen LogP contribution in [0, 0.1) is 3.57 Å². The summed E-state index contributed by atoms with van der Waals surface area (Å²) in [5.41, 5.74) is 5.06. The summed E-state index contributed by atoms with van der Waals surface area (Å²) in [5.74, 6) is 2.33. The molecule has 3 aromatic carbocycles. The molecule has 0 radical (unpaired) electrons. The minimum absolute atomic E-state index is 0.744. The van der Waals surface area contributed by atoms with E-state index in [-0.39, 0.29) is 0 Å². The fourth-order valence-electron chi connectivity index (χ4n) is 3.98. The van der Waals surface area contributed by atoms with Crippen molar-refractivity contribution < 1.29 is 14.2 Å². The molecule has 0 amide bonds. The molecule has 0 atom stereocenters. The maximum atomic E-state index is 5.83. The van der Waals surface area contributed by atoms with Crippen LogP contribution in [0.3, 0.4) is 0 Å². The quantitative estimate of drug-likeness (QED) is 0.281. The SMILES string of the molecule is COc1ccc(-c2c(I)c3nc4ccccn4c3c3cc(OC)cc(OC)c23)cc1. The Hall–Kier alpha value is -3.00. The summed E-state index contributed by atoms with van der Waals surface area (Å²) < 4.78 is 20.0. The van der Waals surface area contributed by atoms with Crippen molar-refractivity contribution in [2.45, 2.75) is 0 Å². The van der Waals surface area contributed by atoms with Crippen LogP contribution in [0.2, 0.25) is 0 Å². The van der Waals surface area contributed by atoms with Crippen LogP contribution in [0.15, 0.2) is 60.8 Å². The van der Waals surface area contributed by atoms with Crippen LogP contribution in [0.5, 0.6) is 17.2 Å². The predicted octanol–water partition coefficient (Wildman–Crippen LogP) is 5.94. The van der Waals surface area contributed by atoms with E-state index in [2.05, 4.69) is 45.2 Å². The minimum Gasteiger partial charge on any atom is -0.497 e. The summed E-state index contributed by atoms with van der Waals surface area (Å²) in [6, 6.07) is 18.1. The number of hydrogen-bond donors (Lipinski definition) is 0. The van der Waals surface area contributed by atoms with Gasteiger partial charge in [-0.1, -0.05) is 18.2 Å². The molecule has 0 spiro atoms. The Morgan fingerprint density at radius 2 is 1.63 bits per heavy atom. The molecule has 0 saturated carbocycles. The molecule has 2 heterocycles. The lowest BCUT2D eigenvalue weighted by Gasteiger charge is -2.16. The van der Waals surface area contributed by atoms with E-state index in [0.717, 1.165) is 59.4 Å². The highest BCUT2D eigenvalue weighted by atomic mass is 127. The summed E-state index contributed by atoms with van der Waals surface area (Å²) in [5, 5.41) is 2.07. The highest BCUT2D eigenvalue weighted by Gasteiger charge is 2.22. The maximum Gasteiger partial charge on any atom is 0.137 e. The van der Waals surface area contributed by atoms with Crippen molar-refractivity contribution in [1.82, 2.24) is 9.38 Å². The lowest BCUT2D eigenvalue weighted by Crippen LogP contribution is -1.96. The van der Waals surface area contributed by atoms with Crippen LogP contribution < -0.4 is 14.2 Å². The van der Waals surface area contributed by atoms with Crippen LogP contribution in [0.4, 0.5) is 0 Å². The third kappa shape index (κ3) is 2.78. The number of hydrogen-bond acceptors (Lipinski definition) is 4. The first kappa shape index (κ1) is 19.0. The second kappa shape index (κ2) is 7.36. The Balaban J connectivity index is 2.02. The number of benzene rings is 3. The fourth-order valence-corrected chi connectivity index (χ4v) is 4.93. The van der Waals surface area contributed by atoms with Gasteiger partial charge in [-0.25, -0.2) is 4.98 Å². The van der Waals surface area contributed by atoms with Crippen molar-refractivity contribution in [2.75, 3.05) is 21.3 Å². The number of fused-ring (bicyclic) bond motifs is 5. The number of methoxy groups -OCH3 is 3. The number of halogens is 1. The summed E-state index contributed by atoms with van der Waals surface area (Å²) in [6.07, 6.45) is 2.04. The minimum atomic E-state index is 0.744. The van der Waals surface area contributed by atoms with Gasteiger partial charge in [0.15, 0.2) is 0 Å². The van der Waals surface area contributed by atoms with Gasteiger partial charge in [0.2, 0.25) is 0 Å². The van der Waals surface area contributed by atoms with E-state index in [4.69, 9.17) is 19.2 Å². The molecule has 6 heteroatoms. The molecule has 0 N–H and O–H groups in total. The number of pyridine rings is 1. The summed E-state index contributed by atoms with van der Waals surface area (Å²) in [7, 11) is 5.03. The molecule has 0 saturated heterocycles. The molecule has 150 valence electrons. The molecule has 0 fully saturated rings. The zero-order valence-corrected chi connectivity index (χ0v) is 18.9. The van der Waals surface area contributed by atoms with Gasteiger partial charge in [0.25, 0.3) is 0 Å². The number of imidazole rings is 1. The second-order valence-electron chi connectivity index (χ2n) is 6.91. The molecular formula is C24H19IN2O3. The van der Waals surface area contributed by atoms with Gasteiger partial charge in [0.05, 0.1) is 26.8 Å². The molecule has 5 aromatic rings. The third-order valence-electron chi connectivity index (χ3n) is 5.37. The second-order valence-corrected chi connectivity index (χ2v) is 7.99. The van der Waals surface area contributed by atoms with E-state index in [0.29, 0.717) is 0 Å². The number of ether oxygens (including phenoxy) is 3. The Labute approximate surface area is 187 Å². The van der Waals surface area contributed by atoms with Crippen molar-refractivity contribution >= 4 is 50.0 Å². The molecule has 5 nitrogen and oxygen atoms in total. The van der Waals surface area contributed by atoms with Crippen LogP contribution in [0.1, 0.15) is 0 Å². The largest absolute Gasteiger partial charge is 0.497 e. The zero-order valence-electron chi connectivity index (χ0n) is 16.8. The van der Waals surface area contributed by atoms with Crippen LogP contribution in [0.25, 0.3) is 38.6 Å². The number of rotatable bonds is 4. The highest BCUT2D eigenvalue weighted by molar-refractivity contribution is 14.1. The van der Waals surface area contributed by atoms with Gasteiger partial charge in [-0.2, -0.15) is 0 Å². The van der Waals surface area contributed by atoms with E-state index in [1.165, 1.54) is 0 Å². The Morgan fingerprint density at radius 3 is 2.33 bits per heavy atom. The molecule has 5 rings (SSSR count). The smallest absolute Gasteiger partial charge is 0.137 e. The molecule has 0 unspecified atom stereocenters. The molecule has 0 aliphatic carbocycles. The van der Waals surface area contributed by atoms with Gasteiger partial charge in [-0.15, -0.1) is 0 Å². The molecule has 0 aliphatic heterocycles. The van der Waals surface area contributed by atoms with Crippen LogP contribution >= 0.6 is 22.6 Å². The summed E-state index contributed by atoms with van der Waals surface area (Å²) >= 11 is 2.40. The molecule has 0 aliphatic rings. The Kier molecular flexibility index (Phi) is 4.66. The van der Waals surface area contributed by atoms with Crippen molar-refractivity contribution in [2.24, 2.45) is 0 Å². The van der Waals surface area contributed by atoms with E-state index < -0.39 is 0 Å². The van der Waals surface area contributed by atoms with Crippen LogP contribution in [-0.2, 0) is 0 Å². The molecular weight excluding hydrogens is 491 g/mol. The molecule has 0 bridgehead atoms. The molecule has 30 heavy (non-hydrogen) atoms. The standard InChI is InChI=1S/C24H19IN2O3/c1-28-15-9-7-14(8-10-15)20-21-17(12-16(29-2)13-18(21)30-3)24-23(22(20)25)26-19-6-4-5-11-27(19)24/h4-13H,1-3H3. The number of nitrogens with zero attached hydrogens (tertiary/aromatic N) is 2. The average Bonchev–Trinajstić information content (AvgIpc) is 3.19. The van der Waals surface area contributed by atoms with Crippen molar-refractivity contribution in [1.29, 1.82) is 0 Å². The van der Waals surface area contributed by atoms with Gasteiger partial charge in [-0.05, 0) is 58.5 Å². The van der Waals surface area contributed by atoms with E-state index in [1.54, 1.807) is 21.3 Å². The van der Waals surface area contributed by atoms with Gasteiger partial charge >= 0.3 is 0 Å².